The second-order valence-corrected chi connectivity index (χ2v) is 4.63. The molecule has 0 saturated heterocycles. The lowest BCUT2D eigenvalue weighted by Gasteiger charge is -2.11. The molecular weight excluding hydrogens is 317 g/mol. The fourth-order valence-electron chi connectivity index (χ4n) is 2.11. The van der Waals surface area contributed by atoms with Crippen molar-refractivity contribution in [2.24, 2.45) is 0 Å². The van der Waals surface area contributed by atoms with Crippen molar-refractivity contribution in [3.05, 3.63) is 41.5 Å². The zero-order valence-electron chi connectivity index (χ0n) is 11.8. The second-order valence-electron chi connectivity index (χ2n) is 4.63. The molecule has 0 atom stereocenters. The molecule has 122 valence electrons. The summed E-state index contributed by atoms with van der Waals surface area (Å²) in [6.45, 7) is 0. The number of halogens is 3. The molecule has 0 unspecified atom stereocenters. The average molecular weight is 328 g/mol. The highest BCUT2D eigenvalue weighted by Crippen LogP contribution is 2.29. The Labute approximate surface area is 128 Å². The van der Waals surface area contributed by atoms with Gasteiger partial charge >= 0.3 is 18.3 Å². The van der Waals surface area contributed by atoms with Gasteiger partial charge in [0.25, 0.3) is 0 Å². The van der Waals surface area contributed by atoms with Crippen molar-refractivity contribution in [3.63, 3.8) is 0 Å². The summed E-state index contributed by atoms with van der Waals surface area (Å²) in [7, 11) is 1.20. The summed E-state index contributed by atoms with van der Waals surface area (Å²) in [6.07, 6.45) is -5.02. The SMILES string of the molecule is COC(=O)Cc1cc(C(=O)O)c2cc(OC(F)(F)F)ccc2c1. The number of carbonyl (C=O) groups excluding carboxylic acids is 1. The average Bonchev–Trinajstić information content (AvgIpc) is 2.44. The molecule has 1 N–H and O–H groups in total. The Hall–Kier alpha value is -2.77. The van der Waals surface area contributed by atoms with E-state index < -0.39 is 24.1 Å². The first kappa shape index (κ1) is 16.6. The van der Waals surface area contributed by atoms with E-state index in [0.717, 1.165) is 12.1 Å². The van der Waals surface area contributed by atoms with Crippen LogP contribution in [0.2, 0.25) is 0 Å². The van der Waals surface area contributed by atoms with Crippen LogP contribution < -0.4 is 4.74 Å². The van der Waals surface area contributed by atoms with Crippen LogP contribution in [0, 0.1) is 0 Å². The zero-order chi connectivity index (χ0) is 17.2. The molecule has 0 spiro atoms. The molecule has 2 aromatic carbocycles. The highest BCUT2D eigenvalue weighted by Gasteiger charge is 2.31. The first-order valence-corrected chi connectivity index (χ1v) is 6.32. The Morgan fingerprint density at radius 3 is 2.43 bits per heavy atom. The number of hydrogen-bond acceptors (Lipinski definition) is 4. The first-order chi connectivity index (χ1) is 10.7. The molecule has 0 aliphatic carbocycles. The Morgan fingerprint density at radius 2 is 1.87 bits per heavy atom. The number of methoxy groups -OCH3 is 1. The van der Waals surface area contributed by atoms with E-state index in [4.69, 9.17) is 0 Å². The molecule has 0 saturated carbocycles. The van der Waals surface area contributed by atoms with Crippen molar-refractivity contribution in [2.75, 3.05) is 7.11 Å². The monoisotopic (exact) mass is 328 g/mol. The maximum Gasteiger partial charge on any atom is 0.573 e. The molecule has 0 aliphatic heterocycles. The van der Waals surface area contributed by atoms with Gasteiger partial charge in [-0.25, -0.2) is 4.79 Å². The molecule has 8 heteroatoms. The maximum atomic E-state index is 12.3. The molecule has 0 bridgehead atoms. The Balaban J connectivity index is 2.54. The fraction of sp³-hybridized carbons (Fsp3) is 0.200. The lowest BCUT2D eigenvalue weighted by atomic mass is 9.99. The summed E-state index contributed by atoms with van der Waals surface area (Å²) in [6, 6.07) is 6.09. The van der Waals surface area contributed by atoms with Gasteiger partial charge in [0.15, 0.2) is 0 Å². The number of carboxylic acids is 1. The number of esters is 1. The van der Waals surface area contributed by atoms with E-state index >= 15 is 0 Å². The molecule has 2 aromatic rings. The van der Waals surface area contributed by atoms with Crippen molar-refractivity contribution < 1.29 is 37.3 Å². The molecule has 0 amide bonds. The van der Waals surface area contributed by atoms with Gasteiger partial charge in [0, 0.05) is 0 Å². The summed E-state index contributed by atoms with van der Waals surface area (Å²) >= 11 is 0. The van der Waals surface area contributed by atoms with E-state index in [1.807, 2.05) is 0 Å². The van der Waals surface area contributed by atoms with Crippen molar-refractivity contribution in [1.82, 2.24) is 0 Å². The maximum absolute atomic E-state index is 12.3. The third-order valence-electron chi connectivity index (χ3n) is 3.03. The van der Waals surface area contributed by atoms with E-state index in [-0.39, 0.29) is 17.4 Å². The number of carboxylic acid groups (broad SMARTS) is 1. The Kier molecular flexibility index (Phi) is 4.44. The van der Waals surface area contributed by atoms with Crippen LogP contribution in [0.5, 0.6) is 5.75 Å². The predicted octanol–water partition coefficient (Wildman–Crippen LogP) is 3.15. The van der Waals surface area contributed by atoms with Gasteiger partial charge in [0.2, 0.25) is 0 Å². The van der Waals surface area contributed by atoms with Gasteiger partial charge in [0.1, 0.15) is 5.75 Å². The highest BCUT2D eigenvalue weighted by molar-refractivity contribution is 6.04. The van der Waals surface area contributed by atoms with E-state index in [2.05, 4.69) is 9.47 Å². The standard InChI is InChI=1S/C15H11F3O5/c1-22-13(19)6-8-4-9-2-3-10(23-15(16,17)18)7-11(9)12(5-8)14(20)21/h2-5,7H,6H2,1H3,(H,20,21). The highest BCUT2D eigenvalue weighted by atomic mass is 19.4. The molecule has 2 rings (SSSR count). The van der Waals surface area contributed by atoms with Crippen LogP contribution >= 0.6 is 0 Å². The van der Waals surface area contributed by atoms with E-state index in [9.17, 15) is 27.9 Å². The number of alkyl halides is 3. The molecule has 0 heterocycles. The number of ether oxygens (including phenoxy) is 2. The largest absolute Gasteiger partial charge is 0.573 e. The van der Waals surface area contributed by atoms with Gasteiger partial charge in [-0.3, -0.25) is 4.79 Å². The quantitative estimate of drug-likeness (QED) is 0.873. The lowest BCUT2D eigenvalue weighted by molar-refractivity contribution is -0.274. The first-order valence-electron chi connectivity index (χ1n) is 6.32. The third-order valence-corrected chi connectivity index (χ3v) is 3.03. The van der Waals surface area contributed by atoms with Crippen LogP contribution in [-0.4, -0.2) is 30.5 Å². The number of aromatic carboxylic acids is 1. The number of hydrogen-bond donors (Lipinski definition) is 1. The third kappa shape index (κ3) is 4.12. The molecule has 0 aliphatic rings. The molecule has 0 fully saturated rings. The number of rotatable bonds is 4. The van der Waals surface area contributed by atoms with Crippen LogP contribution in [0.1, 0.15) is 15.9 Å². The fourth-order valence-corrected chi connectivity index (χ4v) is 2.11. The zero-order valence-corrected chi connectivity index (χ0v) is 11.8. The van der Waals surface area contributed by atoms with Gasteiger partial charge in [0.05, 0.1) is 19.1 Å². The number of benzene rings is 2. The smallest absolute Gasteiger partial charge is 0.478 e. The topological polar surface area (TPSA) is 72.8 Å². The van der Waals surface area contributed by atoms with Crippen LogP contribution in [0.15, 0.2) is 30.3 Å². The predicted molar refractivity (Wildman–Crippen MR) is 73.3 cm³/mol. The van der Waals surface area contributed by atoms with Crippen molar-refractivity contribution >= 4 is 22.7 Å². The summed E-state index contributed by atoms with van der Waals surface area (Å²) in [5.41, 5.74) is 0.153. The summed E-state index contributed by atoms with van der Waals surface area (Å²) in [4.78, 5) is 22.6. The minimum absolute atomic E-state index is 0.0767. The Morgan fingerprint density at radius 1 is 1.17 bits per heavy atom. The minimum Gasteiger partial charge on any atom is -0.478 e. The number of fused-ring (bicyclic) bond motifs is 1. The second kappa shape index (κ2) is 6.15. The minimum atomic E-state index is -4.87. The van der Waals surface area contributed by atoms with Gasteiger partial charge < -0.3 is 14.6 Å². The Bertz CT molecular complexity index is 768. The van der Waals surface area contributed by atoms with Crippen molar-refractivity contribution in [2.45, 2.75) is 12.8 Å². The van der Waals surface area contributed by atoms with Gasteiger partial charge in [-0.05, 0) is 34.5 Å². The van der Waals surface area contributed by atoms with Gasteiger partial charge in [-0.1, -0.05) is 12.1 Å². The summed E-state index contributed by atoms with van der Waals surface area (Å²) < 4.78 is 45.1. The lowest BCUT2D eigenvalue weighted by Crippen LogP contribution is -2.17. The van der Waals surface area contributed by atoms with E-state index in [1.165, 1.54) is 25.3 Å². The van der Waals surface area contributed by atoms with E-state index in [1.54, 1.807) is 0 Å². The van der Waals surface area contributed by atoms with Crippen LogP contribution in [0.4, 0.5) is 13.2 Å². The number of carbonyl (C=O) groups is 2. The molecule has 0 radical (unpaired) electrons. The van der Waals surface area contributed by atoms with Crippen molar-refractivity contribution in [3.8, 4) is 5.75 Å². The van der Waals surface area contributed by atoms with Crippen LogP contribution in [0.25, 0.3) is 10.8 Å². The van der Waals surface area contributed by atoms with Crippen LogP contribution in [0.3, 0.4) is 0 Å². The van der Waals surface area contributed by atoms with Gasteiger partial charge in [-0.15, -0.1) is 13.2 Å². The molecule has 5 nitrogen and oxygen atoms in total. The normalized spacial score (nSPS) is 11.3. The van der Waals surface area contributed by atoms with Crippen LogP contribution in [-0.2, 0) is 16.0 Å². The molecule has 0 aromatic heterocycles. The van der Waals surface area contributed by atoms with E-state index in [0.29, 0.717) is 10.9 Å². The molecular formula is C15H11F3O5. The summed E-state index contributed by atoms with van der Waals surface area (Å²) in [5, 5.41) is 9.69. The van der Waals surface area contributed by atoms with Crippen molar-refractivity contribution in [1.29, 1.82) is 0 Å². The molecule has 23 heavy (non-hydrogen) atoms. The summed E-state index contributed by atoms with van der Waals surface area (Å²) in [5.74, 6) is -2.41. The van der Waals surface area contributed by atoms with Gasteiger partial charge in [-0.2, -0.15) is 0 Å².